The van der Waals surface area contributed by atoms with E-state index in [0.29, 0.717) is 11.3 Å². The molecule has 2 rings (SSSR count). The Labute approximate surface area is 103 Å². The third kappa shape index (κ3) is 2.44. The minimum absolute atomic E-state index is 0.00261. The molecular formula is C13H9N3O2. The molecule has 88 valence electrons. The number of aromatic hydroxyl groups is 2. The topological polar surface area (TPSA) is 89.0 Å². The van der Waals surface area contributed by atoms with Gasteiger partial charge in [-0.2, -0.15) is 5.26 Å². The maximum absolute atomic E-state index is 9.55. The van der Waals surface area contributed by atoms with E-state index in [9.17, 15) is 10.2 Å². The van der Waals surface area contributed by atoms with Crippen molar-refractivity contribution in [3.63, 3.8) is 0 Å². The van der Waals surface area contributed by atoms with Crippen LogP contribution in [0.2, 0.25) is 0 Å². The zero-order valence-corrected chi connectivity index (χ0v) is 9.28. The van der Waals surface area contributed by atoms with Gasteiger partial charge in [-0.1, -0.05) is 12.1 Å². The molecule has 2 aromatic carbocycles. The number of hydrogen-bond acceptors (Lipinski definition) is 5. The largest absolute Gasteiger partial charge is 0.506 e. The fourth-order valence-corrected chi connectivity index (χ4v) is 1.33. The molecule has 0 radical (unpaired) electrons. The normalized spacial score (nSPS) is 10.4. The van der Waals surface area contributed by atoms with Crippen molar-refractivity contribution in [1.82, 2.24) is 0 Å². The Morgan fingerprint density at radius 3 is 2.28 bits per heavy atom. The van der Waals surface area contributed by atoms with Gasteiger partial charge in [-0.15, -0.1) is 10.2 Å². The van der Waals surface area contributed by atoms with Gasteiger partial charge < -0.3 is 10.2 Å². The first-order chi connectivity index (χ1) is 8.70. The maximum atomic E-state index is 9.55. The van der Waals surface area contributed by atoms with E-state index in [0.717, 1.165) is 0 Å². The van der Waals surface area contributed by atoms with E-state index in [1.54, 1.807) is 18.2 Å². The summed E-state index contributed by atoms with van der Waals surface area (Å²) in [7, 11) is 0. The van der Waals surface area contributed by atoms with Gasteiger partial charge in [-0.3, -0.25) is 0 Å². The number of phenols is 2. The van der Waals surface area contributed by atoms with Crippen LogP contribution in [-0.4, -0.2) is 10.2 Å². The number of para-hydroxylation sites is 1. The summed E-state index contributed by atoms with van der Waals surface area (Å²) in [6.45, 7) is 0. The highest BCUT2D eigenvalue weighted by Gasteiger charge is 2.02. The molecule has 0 aliphatic carbocycles. The summed E-state index contributed by atoms with van der Waals surface area (Å²) in [4.78, 5) is 0. The average Bonchev–Trinajstić information content (AvgIpc) is 2.39. The lowest BCUT2D eigenvalue weighted by atomic mass is 10.2. The van der Waals surface area contributed by atoms with Gasteiger partial charge in [0.15, 0.2) is 0 Å². The highest BCUT2D eigenvalue weighted by molar-refractivity contribution is 5.56. The van der Waals surface area contributed by atoms with Crippen LogP contribution in [0.1, 0.15) is 5.56 Å². The van der Waals surface area contributed by atoms with Gasteiger partial charge in [0, 0.05) is 0 Å². The summed E-state index contributed by atoms with van der Waals surface area (Å²) in [5, 5.41) is 35.4. The first-order valence-corrected chi connectivity index (χ1v) is 5.13. The summed E-state index contributed by atoms with van der Waals surface area (Å²) in [5.41, 5.74) is 0.843. The number of nitriles is 1. The van der Waals surface area contributed by atoms with Crippen molar-refractivity contribution in [2.24, 2.45) is 10.2 Å². The van der Waals surface area contributed by atoms with Gasteiger partial charge in [-0.05, 0) is 30.3 Å². The number of hydrogen-bond donors (Lipinski definition) is 2. The first-order valence-electron chi connectivity index (χ1n) is 5.13. The van der Waals surface area contributed by atoms with Crippen LogP contribution >= 0.6 is 0 Å². The van der Waals surface area contributed by atoms with Crippen molar-refractivity contribution < 1.29 is 10.2 Å². The lowest BCUT2D eigenvalue weighted by Crippen LogP contribution is -1.74. The fraction of sp³-hybridized carbons (Fsp3) is 0. The van der Waals surface area contributed by atoms with Crippen LogP contribution in [0.15, 0.2) is 52.7 Å². The standard InChI is InChI=1S/C13H9N3O2/c14-8-9-5-6-13(18)11(7-9)16-15-10-3-1-2-4-12(10)17/h1-7,17-18H. The van der Waals surface area contributed by atoms with E-state index in [-0.39, 0.29) is 17.2 Å². The predicted octanol–water partition coefficient (Wildman–Crippen LogP) is 3.38. The van der Waals surface area contributed by atoms with Crippen molar-refractivity contribution in [2.75, 3.05) is 0 Å². The molecule has 0 bridgehead atoms. The molecule has 0 aliphatic rings. The monoisotopic (exact) mass is 239 g/mol. The number of phenolic OH excluding ortho intramolecular Hbond substituents is 2. The molecule has 0 spiro atoms. The highest BCUT2D eigenvalue weighted by Crippen LogP contribution is 2.31. The number of nitrogens with zero attached hydrogens (tertiary/aromatic N) is 3. The summed E-state index contributed by atoms with van der Waals surface area (Å²) in [6.07, 6.45) is 0. The average molecular weight is 239 g/mol. The van der Waals surface area contributed by atoms with Crippen molar-refractivity contribution in [3.8, 4) is 17.6 Å². The van der Waals surface area contributed by atoms with Crippen molar-refractivity contribution in [1.29, 1.82) is 5.26 Å². The van der Waals surface area contributed by atoms with E-state index in [4.69, 9.17) is 5.26 Å². The zero-order valence-electron chi connectivity index (χ0n) is 9.28. The molecule has 5 nitrogen and oxygen atoms in total. The van der Waals surface area contributed by atoms with Crippen LogP contribution in [0.4, 0.5) is 11.4 Å². The molecule has 18 heavy (non-hydrogen) atoms. The summed E-state index contributed by atoms with van der Waals surface area (Å²) in [5.74, 6) is -0.0784. The summed E-state index contributed by atoms with van der Waals surface area (Å²) < 4.78 is 0. The third-order valence-electron chi connectivity index (χ3n) is 2.25. The molecular weight excluding hydrogens is 230 g/mol. The van der Waals surface area contributed by atoms with Crippen LogP contribution in [0.25, 0.3) is 0 Å². The van der Waals surface area contributed by atoms with E-state index in [1.807, 2.05) is 6.07 Å². The zero-order chi connectivity index (χ0) is 13.0. The lowest BCUT2D eigenvalue weighted by molar-refractivity contribution is 0.474. The molecule has 0 unspecified atom stereocenters. The van der Waals surface area contributed by atoms with Gasteiger partial charge in [-0.25, -0.2) is 0 Å². The molecule has 0 aromatic heterocycles. The molecule has 0 saturated heterocycles. The second-order valence-electron chi connectivity index (χ2n) is 3.50. The Morgan fingerprint density at radius 2 is 1.56 bits per heavy atom. The molecule has 0 fully saturated rings. The van der Waals surface area contributed by atoms with Gasteiger partial charge in [0.05, 0.1) is 11.6 Å². The number of azo groups is 1. The van der Waals surface area contributed by atoms with Crippen LogP contribution in [-0.2, 0) is 0 Å². The van der Waals surface area contributed by atoms with E-state index in [2.05, 4.69) is 10.2 Å². The predicted molar refractivity (Wildman–Crippen MR) is 65.1 cm³/mol. The Kier molecular flexibility index (Phi) is 3.21. The molecule has 2 N–H and O–H groups in total. The first kappa shape index (κ1) is 11.6. The van der Waals surface area contributed by atoms with Crippen LogP contribution in [0.3, 0.4) is 0 Å². The highest BCUT2D eigenvalue weighted by atomic mass is 16.3. The Hall–Kier alpha value is -2.87. The third-order valence-corrected chi connectivity index (χ3v) is 2.25. The van der Waals surface area contributed by atoms with E-state index < -0.39 is 0 Å². The van der Waals surface area contributed by atoms with Gasteiger partial charge in [0.2, 0.25) is 0 Å². The smallest absolute Gasteiger partial charge is 0.143 e. The SMILES string of the molecule is N#Cc1ccc(O)c(N=Nc2ccccc2O)c1. The molecule has 5 heteroatoms. The van der Waals surface area contributed by atoms with Crippen molar-refractivity contribution in [3.05, 3.63) is 48.0 Å². The molecule has 0 heterocycles. The molecule has 0 atom stereocenters. The van der Waals surface area contributed by atoms with Crippen LogP contribution < -0.4 is 0 Å². The summed E-state index contributed by atoms with van der Waals surface area (Å²) >= 11 is 0. The van der Waals surface area contributed by atoms with Crippen LogP contribution in [0, 0.1) is 11.3 Å². The fourth-order valence-electron chi connectivity index (χ4n) is 1.33. The molecule has 2 aromatic rings. The van der Waals surface area contributed by atoms with Crippen molar-refractivity contribution in [2.45, 2.75) is 0 Å². The van der Waals surface area contributed by atoms with Gasteiger partial charge >= 0.3 is 0 Å². The second-order valence-corrected chi connectivity index (χ2v) is 3.50. The Morgan fingerprint density at radius 1 is 0.889 bits per heavy atom. The lowest BCUT2D eigenvalue weighted by Gasteiger charge is -1.99. The Balaban J connectivity index is 2.35. The molecule has 0 aliphatic heterocycles. The maximum Gasteiger partial charge on any atom is 0.143 e. The van der Waals surface area contributed by atoms with Gasteiger partial charge in [0.1, 0.15) is 22.9 Å². The summed E-state index contributed by atoms with van der Waals surface area (Å²) in [6, 6.07) is 12.7. The van der Waals surface area contributed by atoms with E-state index >= 15 is 0 Å². The number of rotatable bonds is 2. The minimum Gasteiger partial charge on any atom is -0.506 e. The van der Waals surface area contributed by atoms with E-state index in [1.165, 1.54) is 24.3 Å². The minimum atomic E-state index is -0.0758. The Bertz CT molecular complexity index is 645. The molecule has 0 saturated carbocycles. The quantitative estimate of drug-likeness (QED) is 0.787. The van der Waals surface area contributed by atoms with Crippen molar-refractivity contribution >= 4 is 11.4 Å². The molecule has 0 amide bonds. The second kappa shape index (κ2) is 4.97. The van der Waals surface area contributed by atoms with Crippen LogP contribution in [0.5, 0.6) is 11.5 Å². The van der Waals surface area contributed by atoms with Gasteiger partial charge in [0.25, 0.3) is 0 Å². The number of benzene rings is 2.